The molecule has 110 heavy (non-hydrogen) atoms. The summed E-state index contributed by atoms with van der Waals surface area (Å²) in [6.45, 7) is 0. The van der Waals surface area contributed by atoms with Gasteiger partial charge in [-0.2, -0.15) is 0 Å². The third kappa shape index (κ3) is 11.6. The smallest absolute Gasteiger partial charge is 0.0645 e. The van der Waals surface area contributed by atoms with Crippen LogP contribution in [0.25, 0.3) is 164 Å². The predicted octanol–water partition coefficient (Wildman–Crippen LogP) is 30.7. The number of hydrogen-bond acceptors (Lipinski definition) is 2. The Morgan fingerprint density at radius 1 is 0.164 bits per heavy atom. The number of hydrogen-bond donors (Lipinski definition) is 0. The van der Waals surface area contributed by atoms with Crippen LogP contribution in [-0.4, -0.2) is 0 Å². The summed E-state index contributed by atoms with van der Waals surface area (Å²) in [7, 11) is 0. The first-order valence-corrected chi connectivity index (χ1v) is 36.3. The van der Waals surface area contributed by atoms with Gasteiger partial charge in [-0.25, -0.2) is 0 Å². The van der Waals surface area contributed by atoms with Crippen molar-refractivity contribution in [2.75, 3.05) is 9.80 Å². The zero-order chi connectivity index (χ0) is 91.1. The van der Waals surface area contributed by atoms with Crippen molar-refractivity contribution in [2.24, 2.45) is 0 Å². The van der Waals surface area contributed by atoms with Gasteiger partial charge in [0.1, 0.15) is 0 Å². The quantitative estimate of drug-likeness (QED) is 0.113. The Morgan fingerprint density at radius 2 is 0.427 bits per heavy atom. The molecule has 0 aromatic heterocycles. The minimum atomic E-state index is -0.735. The van der Waals surface area contributed by atoms with Gasteiger partial charge >= 0.3 is 0 Å². The summed E-state index contributed by atoms with van der Waals surface area (Å²) >= 11 is 0. The Morgan fingerprint density at radius 3 is 0.809 bits per heavy atom. The van der Waals surface area contributed by atoms with E-state index in [4.69, 9.17) is 6.85 Å². The molecule has 0 spiro atoms. The Kier molecular flexibility index (Phi) is 11.9. The van der Waals surface area contributed by atoms with Gasteiger partial charge < -0.3 is 9.80 Å². The predicted molar refractivity (Wildman–Crippen MR) is 472 cm³/mol. The fourth-order valence-corrected chi connectivity index (χ4v) is 15.8. The van der Waals surface area contributed by atoms with Crippen molar-refractivity contribution >= 4 is 131 Å². The van der Waals surface area contributed by atoms with Crippen LogP contribution in [0.15, 0.2) is 436 Å². The van der Waals surface area contributed by atoms with Crippen LogP contribution in [0.3, 0.4) is 0 Å². The van der Waals surface area contributed by atoms with Gasteiger partial charge in [-0.1, -0.05) is 376 Å². The topological polar surface area (TPSA) is 6.48 Å². The molecule has 2 heteroatoms. The lowest BCUT2D eigenvalue weighted by atomic mass is 9.85. The first-order chi connectivity index (χ1) is 63.4. The van der Waals surface area contributed by atoms with Crippen molar-refractivity contribution < 1.29 is 28.8 Å². The van der Waals surface area contributed by atoms with Gasteiger partial charge in [0.2, 0.25) is 0 Å². The molecule has 21 aromatic rings. The highest BCUT2D eigenvalue weighted by atomic mass is 15.1. The van der Waals surface area contributed by atoms with E-state index >= 15 is 0 Å². The Bertz CT molecular complexity index is 8310. The normalized spacial score (nSPS) is 14.1. The van der Waals surface area contributed by atoms with Crippen molar-refractivity contribution in [1.29, 1.82) is 0 Å². The van der Waals surface area contributed by atoms with E-state index in [2.05, 4.69) is 6.07 Å². The zero-order valence-corrected chi connectivity index (χ0v) is 58.8. The maximum absolute atomic E-state index is 10.0. The molecule has 2 nitrogen and oxygen atoms in total. The molecule has 0 aliphatic carbocycles. The highest BCUT2D eigenvalue weighted by Gasteiger charge is 2.24. The SMILES string of the molecule is [2H]c1c([2H])c(N(c2c([2H])c([2H])c(-c3c(-c4ccccc4)c4ccccc4c4ccccc34)c([2H])c2[2H])c2cc3ccccc3c3ccccc23)c([2H])c([2H])c1-c1cccc2ccccc12.[2H]c1c([2H])c([2H])c(-c2c([2H])c([2H])c(N(c3c([2H])c([2H])c(-c4c(-c5ccccc5)c5ccccc5c5ccccc45)c([2H])c3[2H])c3cc4ccccc4c4ccccc34)c([2H])c2[2H])c([2H])c1[2H]. The van der Waals surface area contributed by atoms with Gasteiger partial charge in [0.15, 0.2) is 0 Å². The first-order valence-electron chi connectivity index (χ1n) is 46.8. The molecule has 21 aromatic carbocycles. The average molecular weight is 1420 g/mol. The monoisotopic (exact) mass is 1420 g/mol. The maximum atomic E-state index is 10.0. The van der Waals surface area contributed by atoms with Crippen molar-refractivity contribution in [3.05, 3.63) is 436 Å². The van der Waals surface area contributed by atoms with Crippen LogP contribution in [0.4, 0.5) is 34.1 Å². The molecule has 0 atom stereocenters. The molecule has 0 saturated carbocycles. The molecule has 0 N–H and O–H groups in total. The lowest BCUT2D eigenvalue weighted by Gasteiger charge is -2.28. The molecule has 0 heterocycles. The fraction of sp³-hybridized carbons (Fsp3) is 0. The molecular formula is C108H72N2. The van der Waals surface area contributed by atoms with Gasteiger partial charge in [-0.3, -0.25) is 0 Å². The second kappa shape index (κ2) is 28.1. The molecule has 0 fully saturated rings. The van der Waals surface area contributed by atoms with Gasteiger partial charge in [0, 0.05) is 33.5 Å². The molecule has 514 valence electrons. The van der Waals surface area contributed by atoms with Crippen LogP contribution in [0, 0.1) is 0 Å². The summed E-state index contributed by atoms with van der Waals surface area (Å²) in [5.74, 6) is 0. The summed E-state index contributed by atoms with van der Waals surface area (Å²) in [6.07, 6.45) is 0. The van der Waals surface area contributed by atoms with Crippen LogP contribution in [0.5, 0.6) is 0 Å². The van der Waals surface area contributed by atoms with Crippen LogP contribution < -0.4 is 9.80 Å². The fourth-order valence-electron chi connectivity index (χ4n) is 15.8. The van der Waals surface area contributed by atoms with Crippen LogP contribution >= 0.6 is 0 Å². The van der Waals surface area contributed by atoms with Crippen molar-refractivity contribution in [3.63, 3.8) is 0 Å². The number of nitrogens with zero attached hydrogens (tertiary/aromatic N) is 2. The van der Waals surface area contributed by atoms with Crippen molar-refractivity contribution in [2.45, 2.75) is 0 Å². The summed E-state index contributed by atoms with van der Waals surface area (Å²) in [6, 6.07) is 86.6. The lowest BCUT2D eigenvalue weighted by Crippen LogP contribution is -2.10. The van der Waals surface area contributed by atoms with Gasteiger partial charge in [0.25, 0.3) is 0 Å². The Balaban J connectivity index is 0.000000164. The highest BCUT2D eigenvalue weighted by Crippen LogP contribution is 2.50. The third-order valence-electron chi connectivity index (χ3n) is 20.6. The summed E-state index contributed by atoms with van der Waals surface area (Å²) in [4.78, 5) is 2.69. The van der Waals surface area contributed by atoms with E-state index in [1.54, 1.807) is 24.3 Å². The first kappa shape index (κ1) is 46.5. The molecule has 0 aliphatic heterocycles. The Labute approximate surface area is 669 Å². The molecule has 0 unspecified atom stereocenters. The number of anilines is 6. The van der Waals surface area contributed by atoms with E-state index < -0.39 is 107 Å². The van der Waals surface area contributed by atoms with Crippen molar-refractivity contribution in [3.8, 4) is 66.8 Å². The van der Waals surface area contributed by atoms with Crippen molar-refractivity contribution in [1.82, 2.24) is 0 Å². The summed E-state index contributed by atoms with van der Waals surface area (Å²) in [5.41, 5.74) is 3.35. The lowest BCUT2D eigenvalue weighted by molar-refractivity contribution is 1.30. The van der Waals surface area contributed by atoms with E-state index in [0.29, 0.717) is 49.5 Å². The minimum absolute atomic E-state index is 0.0222. The van der Waals surface area contributed by atoms with E-state index in [1.807, 2.05) is 279 Å². The van der Waals surface area contributed by atoms with E-state index in [-0.39, 0.29) is 75.7 Å². The summed E-state index contributed by atoms with van der Waals surface area (Å²) in [5, 5.41) is 14.6. The van der Waals surface area contributed by atoms with Crippen LogP contribution in [0.1, 0.15) is 28.8 Å². The van der Waals surface area contributed by atoms with E-state index in [0.717, 1.165) is 92.1 Å². The molecule has 0 amide bonds. The molecule has 0 radical (unpaired) electrons. The standard InChI is InChI=1S/C56H37N.C52H35N/c1-2-16-40(17-3-1)55-52-26-12-9-23-49(52)50-24-10-13-27-53(50)56(55)41-31-35-44(36-32-41)57(54-37-42-18-5-7-21-47(42)48-22-8-11-25-51(48)54)43-33-29-39(30-34-43)46-28-14-19-38-15-4-6-20-45(38)46;1-3-15-36(16-4-1)37-27-31-41(32-28-37)53(50-35-40-19-7-8-20-43(40)44-21-9-12-24-47(44)50)42-33-29-39(30-34-42)52-49-26-14-11-23-46(49)45-22-10-13-25-48(45)51(52)38-17-5-2-6-18-38/h1-37H;1-35H/i29D,30D,31D,32D,33D,34D,35D,36D;1D,3D,4D,15D,16D,27D,28D,29D,30D,31D,32D,33D,34D. The molecular weight excluding hydrogens is 1330 g/mol. The Hall–Kier alpha value is -14.4. The van der Waals surface area contributed by atoms with Gasteiger partial charge in [-0.05, 0) is 213 Å². The number of benzene rings is 21. The second-order valence-electron chi connectivity index (χ2n) is 26.8. The third-order valence-corrected chi connectivity index (χ3v) is 20.6. The van der Waals surface area contributed by atoms with Gasteiger partial charge in [0.05, 0.1) is 40.2 Å². The maximum Gasteiger partial charge on any atom is 0.0645 e. The molecule has 0 aliphatic rings. The van der Waals surface area contributed by atoms with E-state index in [1.165, 1.54) is 9.80 Å². The zero-order valence-electron chi connectivity index (χ0n) is 79.8. The summed E-state index contributed by atoms with van der Waals surface area (Å²) < 4.78 is 199. The van der Waals surface area contributed by atoms with Gasteiger partial charge in [-0.15, -0.1) is 0 Å². The molecule has 21 rings (SSSR count). The van der Waals surface area contributed by atoms with Crippen LogP contribution in [0.2, 0.25) is 0 Å². The van der Waals surface area contributed by atoms with E-state index in [9.17, 15) is 21.9 Å². The van der Waals surface area contributed by atoms with Crippen LogP contribution in [-0.2, 0) is 0 Å². The average Bonchev–Trinajstić information content (AvgIpc) is 0.712. The number of rotatable bonds is 12. The largest absolute Gasteiger partial charge is 0.310 e. The molecule has 0 saturated heterocycles. The number of fused-ring (bicyclic) bond motifs is 13. The minimum Gasteiger partial charge on any atom is -0.310 e. The highest BCUT2D eigenvalue weighted by molar-refractivity contribution is 6.24. The second-order valence-corrected chi connectivity index (χ2v) is 26.8. The molecule has 0 bridgehead atoms.